The van der Waals surface area contributed by atoms with Crippen LogP contribution in [-0.4, -0.2) is 171 Å². The van der Waals surface area contributed by atoms with Gasteiger partial charge in [-0.2, -0.15) is 0 Å². The van der Waals surface area contributed by atoms with E-state index < -0.39 is 110 Å². The van der Waals surface area contributed by atoms with Crippen molar-refractivity contribution in [3.8, 4) is 34.5 Å². The van der Waals surface area contributed by atoms with Gasteiger partial charge in [0.05, 0.1) is 32.5 Å². The van der Waals surface area contributed by atoms with Gasteiger partial charge in [-0.05, 0) is 183 Å². The van der Waals surface area contributed by atoms with Gasteiger partial charge in [0.1, 0.15) is 177 Å². The summed E-state index contributed by atoms with van der Waals surface area (Å²) < 4.78 is 74.2. The molecule has 0 spiro atoms. The van der Waals surface area contributed by atoms with Crippen molar-refractivity contribution in [2.45, 2.75) is 162 Å². The fourth-order valence-electron chi connectivity index (χ4n) is 15.7. The summed E-state index contributed by atoms with van der Waals surface area (Å²) in [6, 6.07) is 63.3. The van der Waals surface area contributed by atoms with Crippen molar-refractivity contribution in [1.29, 1.82) is 0 Å². The fourth-order valence-corrected chi connectivity index (χ4v) is 15.7. The highest BCUT2D eigenvalue weighted by molar-refractivity contribution is 5.46. The summed E-state index contributed by atoms with van der Waals surface area (Å²) in [5.41, 5.74) is 13.5. The van der Waals surface area contributed by atoms with Crippen LogP contribution in [0.1, 0.15) is 146 Å². The average molecular weight is 1490 g/mol. The van der Waals surface area contributed by atoms with Crippen LogP contribution in [0.5, 0.6) is 34.5 Å². The second-order valence-corrected chi connectivity index (χ2v) is 29.1. The fraction of sp³-hybridized carbons (Fsp3) is 0.379. The first kappa shape index (κ1) is 75.5. The predicted molar refractivity (Wildman–Crippen MR) is 396 cm³/mol. The van der Waals surface area contributed by atoms with Crippen molar-refractivity contribution in [2.75, 3.05) is 46.8 Å². The van der Waals surface area contributed by atoms with Gasteiger partial charge in [0.15, 0.2) is 0 Å². The summed E-state index contributed by atoms with van der Waals surface area (Å²) in [4.78, 5) is 0. The third kappa shape index (κ3) is 16.6. The second-order valence-electron chi connectivity index (χ2n) is 29.1. The van der Waals surface area contributed by atoms with Crippen LogP contribution in [0.15, 0.2) is 200 Å². The Hall–Kier alpha value is -8.86. The molecule has 0 amide bonds. The molecule has 0 radical (unpaired) electrons. The number of benzene rings is 9. The van der Waals surface area contributed by atoms with Gasteiger partial charge in [-0.1, -0.05) is 127 Å². The van der Waals surface area contributed by atoms with E-state index in [0.717, 1.165) is 66.9 Å². The van der Waals surface area contributed by atoms with E-state index in [1.54, 1.807) is 19.2 Å². The molecular weight excluding hydrogens is 1400 g/mol. The molecule has 0 aromatic heterocycles. The molecule has 6 aliphatic heterocycles. The molecule has 0 bridgehead atoms. The predicted octanol–water partition coefficient (Wildman–Crippen LogP) is 9.26. The summed E-state index contributed by atoms with van der Waals surface area (Å²) in [6.45, 7) is 4.43. The van der Waals surface area contributed by atoms with Gasteiger partial charge in [0, 0.05) is 6.42 Å². The van der Waals surface area contributed by atoms with E-state index in [4.69, 9.17) is 56.8 Å². The minimum absolute atomic E-state index is 0.0193. The zero-order chi connectivity index (χ0) is 75.6. The smallest absolute Gasteiger partial charge is 0.122 e. The maximum atomic E-state index is 11.4. The molecule has 10 N–H and O–H groups in total. The Morgan fingerprint density at radius 1 is 0.330 bits per heavy atom. The lowest BCUT2D eigenvalue weighted by Gasteiger charge is -2.40. The normalized spacial score (nSPS) is 29.0. The van der Waals surface area contributed by atoms with Gasteiger partial charge >= 0.3 is 0 Å². The number of hydrogen-bond donors (Lipinski definition) is 10. The number of rotatable bonds is 26. The van der Waals surface area contributed by atoms with E-state index in [0.29, 0.717) is 77.9 Å². The van der Waals surface area contributed by atoms with Crippen LogP contribution in [0, 0.1) is 0 Å². The molecule has 15 rings (SSSR count). The maximum absolute atomic E-state index is 11.4. The van der Waals surface area contributed by atoms with Crippen LogP contribution >= 0.6 is 0 Å². The maximum Gasteiger partial charge on any atom is 0.122 e. The molecule has 3 fully saturated rings. The van der Waals surface area contributed by atoms with Crippen molar-refractivity contribution >= 4 is 0 Å². The van der Waals surface area contributed by atoms with Crippen LogP contribution in [0.25, 0.3) is 0 Å². The molecule has 22 heteroatoms. The van der Waals surface area contributed by atoms with Crippen LogP contribution in [0.4, 0.5) is 0 Å². The summed E-state index contributed by atoms with van der Waals surface area (Å²) in [7, 11) is 1.56. The van der Waals surface area contributed by atoms with Crippen LogP contribution < -0.4 is 28.4 Å². The van der Waals surface area contributed by atoms with Crippen molar-refractivity contribution in [3.63, 3.8) is 0 Å². The van der Waals surface area contributed by atoms with Gasteiger partial charge in [-0.15, -0.1) is 0 Å². The summed E-state index contributed by atoms with van der Waals surface area (Å²) in [6.07, 6.45) is -18.7. The quantitative estimate of drug-likeness (QED) is 0.0241. The minimum atomic E-state index is -1.53. The highest BCUT2D eigenvalue weighted by Gasteiger charge is 2.48. The molecule has 22 nitrogen and oxygen atoms in total. The van der Waals surface area contributed by atoms with Crippen molar-refractivity contribution in [2.24, 2.45) is 0 Å². The lowest BCUT2D eigenvalue weighted by atomic mass is 9.90. The largest absolute Gasteiger partial charge is 0.496 e. The molecule has 9 aromatic rings. The molecule has 9 aromatic carbocycles. The van der Waals surface area contributed by atoms with Crippen molar-refractivity contribution in [1.82, 2.24) is 0 Å². The lowest BCUT2D eigenvalue weighted by molar-refractivity contribution is -0.231. The Balaban J connectivity index is 0.512. The Labute approximate surface area is 631 Å². The van der Waals surface area contributed by atoms with Gasteiger partial charge in [-0.3, -0.25) is 0 Å². The Kier molecular flexibility index (Phi) is 23.1. The number of hydrogen-bond acceptors (Lipinski definition) is 22. The average Bonchev–Trinajstić information content (AvgIpc) is 1.79. The number of aliphatic hydroxyl groups excluding tert-OH is 10. The minimum Gasteiger partial charge on any atom is -0.496 e. The SMILES string of the molecule is COc1ccc([C@@H]2O[C@H](CO)[C@@H](O)[C@H](O)[C@H]2O)cc1Cc1ccc(OCC2OC(C)c3ccc(OC[C@H]4O[C@@H](c5cccc(Cc6ccc(OCC7OCc8ccc(OC[C@H]9O[C@@H](c%10cccc(Cc%11ccc(OCC%12OC(C)c%13ccccc%13%12)cc%11)c%10)[C@H](O)[C@@H](O)[C@@H]9O)cc87)cc6)c5)[C@H](O)[C@@H](O)[C@@H]4O)cc32)cc1. The first-order valence-electron chi connectivity index (χ1n) is 37.1. The van der Waals surface area contributed by atoms with Crippen LogP contribution in [0.2, 0.25) is 0 Å². The third-order valence-corrected chi connectivity index (χ3v) is 21.8. The van der Waals surface area contributed by atoms with Crippen LogP contribution in [-0.2, 0) is 54.3 Å². The summed E-state index contributed by atoms with van der Waals surface area (Å²) >= 11 is 0. The van der Waals surface area contributed by atoms with Gasteiger partial charge < -0.3 is 108 Å². The molecule has 5 unspecified atom stereocenters. The van der Waals surface area contributed by atoms with E-state index in [9.17, 15) is 51.1 Å². The second kappa shape index (κ2) is 33.4. The van der Waals surface area contributed by atoms with Crippen molar-refractivity contribution < 1.29 is 108 Å². The topological polar surface area (TPSA) is 313 Å². The van der Waals surface area contributed by atoms with E-state index in [-0.39, 0.29) is 44.7 Å². The van der Waals surface area contributed by atoms with E-state index in [2.05, 4.69) is 19.1 Å². The molecule has 0 aliphatic carbocycles. The summed E-state index contributed by atoms with van der Waals surface area (Å²) in [5.74, 6) is 3.58. The lowest BCUT2D eigenvalue weighted by Crippen LogP contribution is -2.55. The highest BCUT2D eigenvalue weighted by Crippen LogP contribution is 2.44. The number of aliphatic hydroxyl groups is 10. The number of methoxy groups -OCH3 is 1. The number of fused-ring (bicyclic) bond motifs is 3. The van der Waals surface area contributed by atoms with Crippen LogP contribution in [0.3, 0.4) is 0 Å². The molecule has 0 saturated carbocycles. The number of ether oxygens (including phenoxy) is 12. The van der Waals surface area contributed by atoms with Gasteiger partial charge in [-0.25, -0.2) is 0 Å². The first-order valence-corrected chi connectivity index (χ1v) is 37.1. The van der Waals surface area contributed by atoms with E-state index >= 15 is 0 Å². The Morgan fingerprint density at radius 3 is 1.27 bits per heavy atom. The third-order valence-electron chi connectivity index (χ3n) is 21.8. The molecule has 6 heterocycles. The Morgan fingerprint density at radius 2 is 0.752 bits per heavy atom. The molecule has 6 aliphatic rings. The van der Waals surface area contributed by atoms with E-state index in [1.807, 2.05) is 183 Å². The first-order chi connectivity index (χ1) is 52.9. The van der Waals surface area contributed by atoms with E-state index in [1.165, 1.54) is 5.56 Å². The Bertz CT molecular complexity index is 4560. The van der Waals surface area contributed by atoms with Crippen molar-refractivity contribution in [3.05, 3.63) is 284 Å². The zero-order valence-electron chi connectivity index (χ0n) is 60.5. The zero-order valence-corrected chi connectivity index (χ0v) is 60.5. The monoisotopic (exact) mass is 1490 g/mol. The molecule has 20 atom stereocenters. The standard InChI is InChI=1S/C87H92O22/c1-47-64-12-4-5-13-66(64)72(105-47)43-100-60-24-16-50(17-25-60)33-53-9-7-10-54(36-53)85-83(96)80(93)77(90)74(108-85)45-102-62-28-20-57-41-104-71(67(57)38-62)42-99-59-22-14-49(15-23-59)32-52-8-6-11-55(35-52)86-84(97)81(94)78(91)75(109-86)46-103-63-29-30-65-48(2)106-73(68(65)39-63)44-101-61-26-18-51(19-27-61)34-58-37-56(21-31-69(58)98-3)87-82(95)79(92)76(89)70(40-88)107-87/h4-31,35-39,47-48,70-97H,32-34,40-46H2,1-3H3/t47?,48?,70-,71?,72?,73?,74-,75-,76-,77-,78-,79+,80+,81+,82-,83-,84-,85+,86+,87+/m1/s1. The molecule has 572 valence electrons. The highest BCUT2D eigenvalue weighted by atomic mass is 16.6. The molecule has 109 heavy (non-hydrogen) atoms. The molecular formula is C87H92O22. The van der Waals surface area contributed by atoms with Gasteiger partial charge in [0.25, 0.3) is 0 Å². The summed E-state index contributed by atoms with van der Waals surface area (Å²) in [5, 5.41) is 109. The van der Waals surface area contributed by atoms with Gasteiger partial charge in [0.2, 0.25) is 0 Å². The molecule has 3 saturated heterocycles.